The lowest BCUT2D eigenvalue weighted by Gasteiger charge is -2.26. The zero-order chi connectivity index (χ0) is 22.1. The van der Waals surface area contributed by atoms with Crippen molar-refractivity contribution in [2.75, 3.05) is 12.0 Å². The number of rotatable bonds is 4. The topological polar surface area (TPSA) is 79.7 Å². The highest BCUT2D eigenvalue weighted by Crippen LogP contribution is 2.43. The molecule has 2 heterocycles. The molecule has 156 valence electrons. The number of carbonyl (C=O) groups is 2. The van der Waals surface area contributed by atoms with Crippen LogP contribution in [0.4, 0.5) is 5.69 Å². The van der Waals surface area contributed by atoms with E-state index in [4.69, 9.17) is 4.74 Å². The molecule has 1 aliphatic heterocycles. The van der Waals surface area contributed by atoms with E-state index in [-0.39, 0.29) is 11.3 Å². The van der Waals surface area contributed by atoms with Gasteiger partial charge in [-0.2, -0.15) is 0 Å². The van der Waals surface area contributed by atoms with Gasteiger partial charge in [0, 0.05) is 18.1 Å². The summed E-state index contributed by atoms with van der Waals surface area (Å²) in [4.78, 5) is 31.9. The van der Waals surface area contributed by atoms with Crippen molar-refractivity contribution in [1.82, 2.24) is 4.98 Å². The Labute approximate surface area is 180 Å². The SMILES string of the molecule is COc1ccc(C)cc1/C(O)=C1\C(=O)C(=O)N(c2ccccc2C)C1c1ccncc1. The van der Waals surface area contributed by atoms with E-state index in [1.807, 2.05) is 38.1 Å². The molecule has 0 bridgehead atoms. The van der Waals surface area contributed by atoms with Crippen molar-refractivity contribution < 1.29 is 19.4 Å². The molecule has 4 rings (SSSR count). The molecule has 31 heavy (non-hydrogen) atoms. The summed E-state index contributed by atoms with van der Waals surface area (Å²) in [5.74, 6) is -1.29. The minimum Gasteiger partial charge on any atom is -0.507 e. The summed E-state index contributed by atoms with van der Waals surface area (Å²) >= 11 is 0. The van der Waals surface area contributed by atoms with E-state index in [2.05, 4.69) is 4.98 Å². The molecular formula is C25H22N2O4. The van der Waals surface area contributed by atoms with Gasteiger partial charge in [-0.15, -0.1) is 0 Å². The van der Waals surface area contributed by atoms with Crippen molar-refractivity contribution in [2.24, 2.45) is 0 Å². The van der Waals surface area contributed by atoms with E-state index in [0.717, 1.165) is 11.1 Å². The molecule has 1 unspecified atom stereocenters. The van der Waals surface area contributed by atoms with Gasteiger partial charge in [0.05, 0.1) is 24.3 Å². The van der Waals surface area contributed by atoms with Crippen LogP contribution in [0.3, 0.4) is 0 Å². The maximum absolute atomic E-state index is 13.2. The van der Waals surface area contributed by atoms with Crippen LogP contribution >= 0.6 is 0 Å². The molecule has 1 N–H and O–H groups in total. The zero-order valence-electron chi connectivity index (χ0n) is 17.5. The number of hydrogen-bond acceptors (Lipinski definition) is 5. The number of anilines is 1. The number of aryl methyl sites for hydroxylation is 2. The maximum atomic E-state index is 13.2. The Bertz CT molecular complexity index is 1200. The van der Waals surface area contributed by atoms with E-state index in [9.17, 15) is 14.7 Å². The van der Waals surface area contributed by atoms with E-state index in [1.165, 1.54) is 12.0 Å². The molecule has 0 saturated carbocycles. The van der Waals surface area contributed by atoms with Crippen molar-refractivity contribution in [2.45, 2.75) is 19.9 Å². The number of nitrogens with zero attached hydrogens (tertiary/aromatic N) is 2. The fourth-order valence-corrected chi connectivity index (χ4v) is 3.93. The Balaban J connectivity index is 2.00. The Morgan fingerprint density at radius 3 is 2.42 bits per heavy atom. The van der Waals surface area contributed by atoms with Gasteiger partial charge in [0.1, 0.15) is 11.5 Å². The molecular weight excluding hydrogens is 392 g/mol. The van der Waals surface area contributed by atoms with E-state index < -0.39 is 17.7 Å². The third kappa shape index (κ3) is 3.46. The van der Waals surface area contributed by atoms with Gasteiger partial charge in [-0.25, -0.2) is 0 Å². The monoisotopic (exact) mass is 414 g/mol. The number of methoxy groups -OCH3 is 1. The number of aliphatic hydroxyl groups excluding tert-OH is 1. The Kier molecular flexibility index (Phi) is 5.29. The smallest absolute Gasteiger partial charge is 0.300 e. The lowest BCUT2D eigenvalue weighted by Crippen LogP contribution is -2.30. The van der Waals surface area contributed by atoms with Crippen LogP contribution in [0.15, 0.2) is 72.6 Å². The molecule has 1 aromatic heterocycles. The quantitative estimate of drug-likeness (QED) is 0.390. The van der Waals surface area contributed by atoms with Gasteiger partial charge < -0.3 is 9.84 Å². The summed E-state index contributed by atoms with van der Waals surface area (Å²) in [5, 5.41) is 11.3. The predicted molar refractivity (Wildman–Crippen MR) is 118 cm³/mol. The number of ether oxygens (including phenoxy) is 1. The molecule has 0 radical (unpaired) electrons. The minimum atomic E-state index is -0.797. The maximum Gasteiger partial charge on any atom is 0.300 e. The second-order valence-electron chi connectivity index (χ2n) is 7.44. The number of hydrogen-bond donors (Lipinski definition) is 1. The summed E-state index contributed by atoms with van der Waals surface area (Å²) in [6, 6.07) is 15.3. The Hall–Kier alpha value is -3.93. The van der Waals surface area contributed by atoms with Crippen LogP contribution in [0.1, 0.15) is 28.3 Å². The van der Waals surface area contributed by atoms with Gasteiger partial charge in [-0.05, 0) is 55.3 Å². The standard InChI is InChI=1S/C25H22N2O4/c1-15-8-9-20(31-3)18(14-15)23(28)21-22(17-10-12-26-13-11-17)27(25(30)24(21)29)19-7-5-4-6-16(19)2/h4-14,22,28H,1-3H3/b23-21+. The fourth-order valence-electron chi connectivity index (χ4n) is 3.93. The second kappa shape index (κ2) is 8.07. The second-order valence-corrected chi connectivity index (χ2v) is 7.44. The summed E-state index contributed by atoms with van der Waals surface area (Å²) in [5.41, 5.74) is 3.40. The lowest BCUT2D eigenvalue weighted by atomic mass is 9.94. The van der Waals surface area contributed by atoms with Crippen molar-refractivity contribution in [3.05, 3.63) is 94.8 Å². The van der Waals surface area contributed by atoms with Crippen LogP contribution in [0.2, 0.25) is 0 Å². The number of aliphatic hydroxyl groups is 1. The third-order valence-electron chi connectivity index (χ3n) is 5.45. The fraction of sp³-hybridized carbons (Fsp3) is 0.160. The summed E-state index contributed by atoms with van der Waals surface area (Å²) in [6.45, 7) is 3.75. The number of carbonyl (C=O) groups excluding carboxylic acids is 2. The average molecular weight is 414 g/mol. The van der Waals surface area contributed by atoms with Gasteiger partial charge in [-0.1, -0.05) is 29.8 Å². The van der Waals surface area contributed by atoms with Crippen LogP contribution in [0.5, 0.6) is 5.75 Å². The van der Waals surface area contributed by atoms with Crippen molar-refractivity contribution >= 4 is 23.1 Å². The average Bonchev–Trinajstić information content (AvgIpc) is 3.05. The van der Waals surface area contributed by atoms with Crippen LogP contribution in [-0.2, 0) is 9.59 Å². The normalized spacial score (nSPS) is 17.8. The Morgan fingerprint density at radius 1 is 1.03 bits per heavy atom. The van der Waals surface area contributed by atoms with Crippen LogP contribution < -0.4 is 9.64 Å². The molecule has 0 spiro atoms. The highest BCUT2D eigenvalue weighted by atomic mass is 16.5. The predicted octanol–water partition coefficient (Wildman–Crippen LogP) is 4.33. The van der Waals surface area contributed by atoms with E-state index in [1.54, 1.807) is 42.7 Å². The van der Waals surface area contributed by atoms with E-state index in [0.29, 0.717) is 22.6 Å². The van der Waals surface area contributed by atoms with Crippen molar-refractivity contribution in [3.63, 3.8) is 0 Å². The largest absolute Gasteiger partial charge is 0.507 e. The molecule has 6 nitrogen and oxygen atoms in total. The van der Waals surface area contributed by atoms with Gasteiger partial charge in [0.15, 0.2) is 0 Å². The first-order valence-corrected chi connectivity index (χ1v) is 9.85. The number of aromatic nitrogens is 1. The van der Waals surface area contributed by atoms with Crippen LogP contribution in [0.25, 0.3) is 5.76 Å². The lowest BCUT2D eigenvalue weighted by molar-refractivity contribution is -0.132. The number of Topliss-reactive ketones (excluding diaryl/α,β-unsaturated/α-hetero) is 1. The van der Waals surface area contributed by atoms with Crippen molar-refractivity contribution in [3.8, 4) is 5.75 Å². The number of ketones is 1. The first kappa shape index (κ1) is 20.3. The van der Waals surface area contributed by atoms with Crippen molar-refractivity contribution in [1.29, 1.82) is 0 Å². The molecule has 1 atom stereocenters. The zero-order valence-corrected chi connectivity index (χ0v) is 17.5. The summed E-state index contributed by atoms with van der Waals surface area (Å²) in [6.07, 6.45) is 3.20. The number of pyridine rings is 1. The Morgan fingerprint density at radius 2 is 1.74 bits per heavy atom. The first-order valence-electron chi connectivity index (χ1n) is 9.85. The number of para-hydroxylation sites is 1. The molecule has 3 aromatic rings. The molecule has 0 aliphatic carbocycles. The highest BCUT2D eigenvalue weighted by molar-refractivity contribution is 6.51. The minimum absolute atomic E-state index is 0.0170. The van der Waals surface area contributed by atoms with Gasteiger partial charge in [-0.3, -0.25) is 19.5 Å². The molecule has 1 amide bonds. The van der Waals surface area contributed by atoms with Crippen LogP contribution in [0, 0.1) is 13.8 Å². The number of benzene rings is 2. The first-order chi connectivity index (χ1) is 14.9. The summed E-state index contributed by atoms with van der Waals surface area (Å²) in [7, 11) is 1.49. The van der Waals surface area contributed by atoms with Gasteiger partial charge in [0.2, 0.25) is 0 Å². The number of amides is 1. The molecule has 6 heteroatoms. The van der Waals surface area contributed by atoms with Crippen LogP contribution in [-0.4, -0.2) is 28.9 Å². The molecule has 2 aromatic carbocycles. The molecule has 1 saturated heterocycles. The van der Waals surface area contributed by atoms with Gasteiger partial charge >= 0.3 is 0 Å². The summed E-state index contributed by atoms with van der Waals surface area (Å²) < 4.78 is 5.40. The van der Waals surface area contributed by atoms with Gasteiger partial charge in [0.25, 0.3) is 11.7 Å². The van der Waals surface area contributed by atoms with E-state index >= 15 is 0 Å². The molecule has 1 aliphatic rings. The molecule has 1 fully saturated rings. The highest BCUT2D eigenvalue weighted by Gasteiger charge is 2.47. The third-order valence-corrected chi connectivity index (χ3v) is 5.45.